The van der Waals surface area contributed by atoms with Gasteiger partial charge in [0, 0.05) is 5.71 Å². The van der Waals surface area contributed by atoms with Crippen LogP contribution in [0.25, 0.3) is 0 Å². The molecule has 0 amide bonds. The number of ketones is 1. The van der Waals surface area contributed by atoms with Crippen LogP contribution in [-0.2, 0) is 14.3 Å². The molecule has 0 aliphatic carbocycles. The first kappa shape index (κ1) is 15.4. The summed E-state index contributed by atoms with van der Waals surface area (Å²) < 4.78 is 4.21. The largest absolute Gasteiger partial charge is 0.465 e. The average molecular weight is 287 g/mol. The molecule has 0 bridgehead atoms. The van der Waals surface area contributed by atoms with Gasteiger partial charge in [0.15, 0.2) is 11.7 Å². The van der Waals surface area contributed by atoms with Crippen molar-refractivity contribution in [2.45, 2.75) is 13.8 Å². The number of esters is 1. The van der Waals surface area contributed by atoms with Crippen LogP contribution in [0.2, 0.25) is 0 Å². The molecule has 1 N–H and O–H groups in total. The Hall–Kier alpha value is -0.580. The van der Waals surface area contributed by atoms with Gasteiger partial charge in [0.25, 0.3) is 0 Å². The number of carbonyl (C=O) groups is 2. The molecule has 0 heterocycles. The zero-order valence-corrected chi connectivity index (χ0v) is 10.9. The Balaban J connectivity index is 5.10. The van der Waals surface area contributed by atoms with Gasteiger partial charge in [-0.3, -0.25) is 9.59 Å². The highest BCUT2D eigenvalue weighted by atomic mass is 35.5. The summed E-state index contributed by atoms with van der Waals surface area (Å²) in [5, 5.41) is 6.86. The highest BCUT2D eigenvalue weighted by Gasteiger charge is 2.32. The lowest BCUT2D eigenvalue weighted by Gasteiger charge is -2.12. The second kappa shape index (κ2) is 6.89. The van der Waals surface area contributed by atoms with Gasteiger partial charge >= 0.3 is 5.97 Å². The Bertz CT molecular complexity index is 348. The van der Waals surface area contributed by atoms with E-state index in [9.17, 15) is 9.59 Å². The van der Waals surface area contributed by atoms with Crippen LogP contribution in [0, 0.1) is 11.3 Å². The smallest absolute Gasteiger partial charge is 0.322 e. The van der Waals surface area contributed by atoms with Gasteiger partial charge in [-0.2, -0.15) is 0 Å². The van der Waals surface area contributed by atoms with E-state index in [1.807, 2.05) is 0 Å². The van der Waals surface area contributed by atoms with Gasteiger partial charge in [-0.15, -0.1) is 0 Å². The molecular weight excluding hydrogens is 276 g/mol. The van der Waals surface area contributed by atoms with Gasteiger partial charge in [0.05, 0.1) is 6.61 Å². The molecule has 0 radical (unpaired) electrons. The van der Waals surface area contributed by atoms with Gasteiger partial charge in [0.2, 0.25) is 0 Å². The third kappa shape index (κ3) is 4.12. The van der Waals surface area contributed by atoms with Crippen molar-refractivity contribution in [2.24, 2.45) is 5.92 Å². The average Bonchev–Trinajstić information content (AvgIpc) is 2.16. The lowest BCUT2D eigenvalue weighted by atomic mass is 9.99. The van der Waals surface area contributed by atoms with Crippen LogP contribution in [0.15, 0.2) is 9.52 Å². The van der Waals surface area contributed by atoms with Gasteiger partial charge in [0.1, 0.15) is 9.52 Å². The lowest BCUT2D eigenvalue weighted by Crippen LogP contribution is -2.32. The molecule has 16 heavy (non-hydrogen) atoms. The quantitative estimate of drug-likeness (QED) is 0.366. The number of Topliss-reactive ketones (excluding diaryl/α,β-unsaturated/α-hetero) is 1. The summed E-state index contributed by atoms with van der Waals surface area (Å²) in [4.78, 5) is 23.0. The number of hydrogen-bond donors (Lipinski definition) is 1. The summed E-state index contributed by atoms with van der Waals surface area (Å²) in [7, 11) is 0. The van der Waals surface area contributed by atoms with E-state index in [-0.39, 0.29) is 12.3 Å². The van der Waals surface area contributed by atoms with Crippen molar-refractivity contribution in [3.63, 3.8) is 0 Å². The van der Waals surface area contributed by atoms with Crippen LogP contribution >= 0.6 is 34.8 Å². The third-order valence-electron chi connectivity index (χ3n) is 1.60. The molecule has 0 aliphatic heterocycles. The Labute approximate surface area is 108 Å². The van der Waals surface area contributed by atoms with Crippen LogP contribution in [-0.4, -0.2) is 24.1 Å². The van der Waals surface area contributed by atoms with Crippen molar-refractivity contribution < 1.29 is 14.3 Å². The minimum atomic E-state index is -1.39. The van der Waals surface area contributed by atoms with Gasteiger partial charge in [-0.25, -0.2) is 0 Å². The van der Waals surface area contributed by atoms with Crippen molar-refractivity contribution in [1.82, 2.24) is 0 Å². The Morgan fingerprint density at radius 2 is 1.81 bits per heavy atom. The van der Waals surface area contributed by atoms with E-state index in [4.69, 9.17) is 40.2 Å². The zero-order valence-electron chi connectivity index (χ0n) is 8.64. The molecule has 0 fully saturated rings. The fraction of sp³-hybridized carbons (Fsp3) is 0.444. The number of rotatable bonds is 5. The van der Waals surface area contributed by atoms with Gasteiger partial charge in [-0.1, -0.05) is 34.8 Å². The molecule has 0 aliphatic rings. The van der Waals surface area contributed by atoms with Crippen molar-refractivity contribution >= 4 is 52.3 Å². The van der Waals surface area contributed by atoms with Gasteiger partial charge < -0.3 is 10.1 Å². The predicted octanol–water partition coefficient (Wildman–Crippen LogP) is 2.66. The first-order valence-electron chi connectivity index (χ1n) is 4.29. The third-order valence-corrected chi connectivity index (χ3v) is 2.55. The fourth-order valence-electron chi connectivity index (χ4n) is 0.926. The van der Waals surface area contributed by atoms with Crippen molar-refractivity contribution in [1.29, 1.82) is 5.41 Å². The Morgan fingerprint density at radius 1 is 1.31 bits per heavy atom. The highest BCUT2D eigenvalue weighted by Crippen LogP contribution is 2.22. The Morgan fingerprint density at radius 3 is 2.12 bits per heavy atom. The lowest BCUT2D eigenvalue weighted by molar-refractivity contribution is -0.147. The van der Waals surface area contributed by atoms with Crippen LogP contribution in [0.3, 0.4) is 0 Å². The number of hydrogen-bond acceptors (Lipinski definition) is 4. The maximum atomic E-state index is 11.6. The van der Waals surface area contributed by atoms with E-state index >= 15 is 0 Å². The van der Waals surface area contributed by atoms with Gasteiger partial charge in [-0.05, 0) is 13.8 Å². The molecule has 0 aromatic carbocycles. The summed E-state index contributed by atoms with van der Waals surface area (Å²) in [5.41, 5.74) is -0.184. The van der Waals surface area contributed by atoms with Crippen LogP contribution in [0.4, 0.5) is 0 Å². The number of allylic oxidation sites excluding steroid dienone is 1. The van der Waals surface area contributed by atoms with E-state index in [2.05, 4.69) is 4.74 Å². The maximum Gasteiger partial charge on any atom is 0.322 e. The summed E-state index contributed by atoms with van der Waals surface area (Å²) in [5.74, 6) is -3.07. The molecule has 7 heteroatoms. The van der Waals surface area contributed by atoms with E-state index in [0.29, 0.717) is 0 Å². The predicted molar refractivity (Wildman–Crippen MR) is 63.1 cm³/mol. The minimum absolute atomic E-state index is 0.103. The molecule has 0 aromatic rings. The fourth-order valence-corrected chi connectivity index (χ4v) is 1.22. The van der Waals surface area contributed by atoms with Crippen LogP contribution < -0.4 is 0 Å². The number of halogens is 3. The monoisotopic (exact) mass is 285 g/mol. The van der Waals surface area contributed by atoms with E-state index < -0.39 is 27.2 Å². The molecule has 0 saturated carbocycles. The standard InChI is InChI=1S/C9H10Cl3NO3/c1-3-16-9(15)5(4(2)13)7(14)6(10)8(11)12/h5,13H,3H2,1-2H3. The van der Waals surface area contributed by atoms with Crippen LogP contribution in [0.5, 0.6) is 0 Å². The summed E-state index contributed by atoms with van der Waals surface area (Å²) >= 11 is 16.2. The number of carbonyl (C=O) groups excluding carboxylic acids is 2. The van der Waals surface area contributed by atoms with E-state index in [1.165, 1.54) is 6.92 Å². The molecule has 0 aromatic heterocycles. The van der Waals surface area contributed by atoms with E-state index in [0.717, 1.165) is 0 Å². The summed E-state index contributed by atoms with van der Waals surface area (Å²) in [6.07, 6.45) is 0. The molecule has 1 unspecified atom stereocenters. The second-order valence-electron chi connectivity index (χ2n) is 2.81. The van der Waals surface area contributed by atoms with Crippen LogP contribution in [0.1, 0.15) is 13.8 Å². The number of ether oxygens (including phenoxy) is 1. The summed E-state index contributed by atoms with van der Waals surface area (Å²) in [6.45, 7) is 2.99. The second-order valence-corrected chi connectivity index (χ2v) is 4.13. The van der Waals surface area contributed by atoms with E-state index in [1.54, 1.807) is 6.92 Å². The summed E-state index contributed by atoms with van der Waals surface area (Å²) in [6, 6.07) is 0. The highest BCUT2D eigenvalue weighted by molar-refractivity contribution is 6.63. The first-order chi connectivity index (χ1) is 7.32. The van der Waals surface area contributed by atoms with Crippen molar-refractivity contribution in [3.8, 4) is 0 Å². The number of nitrogens with one attached hydrogen (secondary N) is 1. The normalized spacial score (nSPS) is 11.6. The molecule has 0 spiro atoms. The minimum Gasteiger partial charge on any atom is -0.465 e. The Kier molecular flexibility index (Phi) is 6.64. The molecule has 0 rings (SSSR count). The molecule has 1 atom stereocenters. The zero-order chi connectivity index (χ0) is 12.9. The molecular formula is C9H10Cl3NO3. The SMILES string of the molecule is CCOC(=O)C(C(C)=N)C(=O)C(Cl)=C(Cl)Cl. The maximum absolute atomic E-state index is 11.6. The molecule has 4 nitrogen and oxygen atoms in total. The first-order valence-corrected chi connectivity index (χ1v) is 5.43. The van der Waals surface area contributed by atoms with Crippen molar-refractivity contribution in [2.75, 3.05) is 6.61 Å². The van der Waals surface area contributed by atoms with Crippen molar-refractivity contribution in [3.05, 3.63) is 9.52 Å². The molecule has 90 valence electrons. The topological polar surface area (TPSA) is 67.2 Å². The molecule has 0 saturated heterocycles.